The number of hydrogen-bond donors (Lipinski definition) is 0. The van der Waals surface area contributed by atoms with Crippen LogP contribution in [0.15, 0.2) is 42.7 Å². The van der Waals surface area contributed by atoms with Gasteiger partial charge in [-0.05, 0) is 56.8 Å². The largest absolute Gasteiger partial charge is 0.492 e. The Kier molecular flexibility index (Phi) is 7.26. The first-order chi connectivity index (χ1) is 10.7. The van der Waals surface area contributed by atoms with Crippen molar-refractivity contribution in [1.29, 1.82) is 0 Å². The van der Waals surface area contributed by atoms with Crippen LogP contribution in [0.2, 0.25) is 5.02 Å². The molecule has 0 bridgehead atoms. The van der Waals surface area contributed by atoms with Gasteiger partial charge >= 0.3 is 0 Å². The van der Waals surface area contributed by atoms with E-state index >= 15 is 0 Å². The number of ether oxygens (including phenoxy) is 1. The third-order valence-corrected chi connectivity index (χ3v) is 3.79. The molecule has 2 rings (SSSR count). The Bertz CT molecular complexity index is 513. The zero-order valence-electron chi connectivity index (χ0n) is 13.1. The van der Waals surface area contributed by atoms with Gasteiger partial charge in [-0.15, -0.1) is 0 Å². The molecular weight excluding hydrogens is 298 g/mol. The molecule has 120 valence electrons. The quantitative estimate of drug-likeness (QED) is 0.625. The van der Waals surface area contributed by atoms with Crippen molar-refractivity contribution in [1.82, 2.24) is 14.7 Å². The van der Waals surface area contributed by atoms with Crippen molar-refractivity contribution in [3.8, 4) is 5.75 Å². The first-order valence-corrected chi connectivity index (χ1v) is 8.16. The fourth-order valence-corrected chi connectivity index (χ4v) is 2.35. The summed E-state index contributed by atoms with van der Waals surface area (Å²) in [5.41, 5.74) is 0. The fourth-order valence-electron chi connectivity index (χ4n) is 2.23. The molecule has 5 heteroatoms. The molecule has 0 radical (unpaired) electrons. The molecule has 0 fully saturated rings. The minimum absolute atomic E-state index is 0.700. The number of rotatable bonds is 10. The van der Waals surface area contributed by atoms with E-state index in [2.05, 4.69) is 17.0 Å². The number of halogens is 1. The lowest BCUT2D eigenvalue weighted by Crippen LogP contribution is -2.25. The molecule has 0 atom stereocenters. The summed E-state index contributed by atoms with van der Waals surface area (Å²) in [5.74, 6) is 0.872. The minimum Gasteiger partial charge on any atom is -0.492 e. The van der Waals surface area contributed by atoms with Gasteiger partial charge < -0.3 is 9.64 Å². The van der Waals surface area contributed by atoms with Crippen molar-refractivity contribution in [3.05, 3.63) is 47.7 Å². The molecule has 1 aromatic heterocycles. The summed E-state index contributed by atoms with van der Waals surface area (Å²) >= 11 is 5.84. The Morgan fingerprint density at radius 3 is 2.68 bits per heavy atom. The highest BCUT2D eigenvalue weighted by Crippen LogP contribution is 2.15. The van der Waals surface area contributed by atoms with Crippen molar-refractivity contribution >= 4 is 11.6 Å². The molecule has 0 aliphatic carbocycles. The van der Waals surface area contributed by atoms with Crippen LogP contribution in [0.5, 0.6) is 5.75 Å². The molecule has 1 aromatic carbocycles. The molecule has 0 N–H and O–H groups in total. The maximum absolute atomic E-state index is 5.84. The predicted octanol–water partition coefficient (Wildman–Crippen LogP) is 3.72. The van der Waals surface area contributed by atoms with Crippen LogP contribution in [-0.4, -0.2) is 41.4 Å². The topological polar surface area (TPSA) is 30.3 Å². The van der Waals surface area contributed by atoms with Crippen LogP contribution in [0, 0.1) is 0 Å². The van der Waals surface area contributed by atoms with E-state index in [1.54, 1.807) is 0 Å². The number of nitrogens with zero attached hydrogens (tertiary/aromatic N) is 3. The lowest BCUT2D eigenvalue weighted by Gasteiger charge is -2.16. The molecule has 0 unspecified atom stereocenters. The van der Waals surface area contributed by atoms with E-state index in [-0.39, 0.29) is 0 Å². The van der Waals surface area contributed by atoms with E-state index in [1.165, 1.54) is 19.3 Å². The maximum atomic E-state index is 5.84. The second-order valence-electron chi connectivity index (χ2n) is 5.44. The van der Waals surface area contributed by atoms with Crippen molar-refractivity contribution in [2.24, 2.45) is 0 Å². The van der Waals surface area contributed by atoms with Crippen LogP contribution in [0.1, 0.15) is 19.3 Å². The van der Waals surface area contributed by atoms with Gasteiger partial charge in [-0.1, -0.05) is 18.0 Å². The average molecular weight is 322 g/mol. The average Bonchev–Trinajstić information content (AvgIpc) is 3.02. The molecule has 0 spiro atoms. The van der Waals surface area contributed by atoms with Crippen LogP contribution >= 0.6 is 11.6 Å². The molecule has 22 heavy (non-hydrogen) atoms. The first-order valence-electron chi connectivity index (χ1n) is 7.78. The fraction of sp³-hybridized carbons (Fsp3) is 0.471. The van der Waals surface area contributed by atoms with Gasteiger partial charge in [0.05, 0.1) is 0 Å². The second kappa shape index (κ2) is 9.49. The number of aromatic nitrogens is 2. The molecule has 0 saturated carbocycles. The van der Waals surface area contributed by atoms with E-state index in [0.717, 1.165) is 30.4 Å². The molecule has 0 aliphatic heterocycles. The molecule has 1 heterocycles. The maximum Gasteiger partial charge on any atom is 0.119 e. The van der Waals surface area contributed by atoms with E-state index in [9.17, 15) is 0 Å². The smallest absolute Gasteiger partial charge is 0.119 e. The van der Waals surface area contributed by atoms with Gasteiger partial charge in [0.25, 0.3) is 0 Å². The third kappa shape index (κ3) is 6.50. The standard InChI is InChI=1S/C17H24ClN3O/c1-20(11-3-2-4-12-21-13-5-10-19-21)14-15-22-17-8-6-16(18)7-9-17/h5-10,13H,2-4,11-12,14-15H2,1H3. The van der Waals surface area contributed by atoms with Crippen LogP contribution in [0.3, 0.4) is 0 Å². The first kappa shape index (κ1) is 16.8. The van der Waals surface area contributed by atoms with Crippen molar-refractivity contribution in [3.63, 3.8) is 0 Å². The summed E-state index contributed by atoms with van der Waals surface area (Å²) in [5, 5.41) is 4.94. The SMILES string of the molecule is CN(CCCCCn1cccn1)CCOc1ccc(Cl)cc1. The number of hydrogen-bond acceptors (Lipinski definition) is 3. The van der Waals surface area contributed by atoms with E-state index in [4.69, 9.17) is 16.3 Å². The summed E-state index contributed by atoms with van der Waals surface area (Å²) < 4.78 is 7.69. The number of unbranched alkanes of at least 4 members (excludes halogenated alkanes) is 2. The van der Waals surface area contributed by atoms with Gasteiger partial charge in [-0.25, -0.2) is 0 Å². The highest BCUT2D eigenvalue weighted by molar-refractivity contribution is 6.30. The van der Waals surface area contributed by atoms with Crippen LogP contribution < -0.4 is 4.74 Å². The van der Waals surface area contributed by atoms with Crippen molar-refractivity contribution < 1.29 is 4.74 Å². The monoisotopic (exact) mass is 321 g/mol. The van der Waals surface area contributed by atoms with Crippen molar-refractivity contribution in [2.45, 2.75) is 25.8 Å². The Labute approximate surface area is 137 Å². The number of likely N-dealkylation sites (N-methyl/N-ethyl adjacent to an activating group) is 1. The summed E-state index contributed by atoms with van der Waals surface area (Å²) in [6, 6.07) is 9.46. The molecule has 2 aromatic rings. The zero-order valence-corrected chi connectivity index (χ0v) is 13.9. The predicted molar refractivity (Wildman–Crippen MR) is 90.5 cm³/mol. The normalized spacial score (nSPS) is 11.0. The van der Waals surface area contributed by atoms with Crippen LogP contribution in [0.4, 0.5) is 0 Å². The molecule has 0 aliphatic rings. The third-order valence-electron chi connectivity index (χ3n) is 3.54. The van der Waals surface area contributed by atoms with Gasteiger partial charge in [0.15, 0.2) is 0 Å². The minimum atomic E-state index is 0.700. The van der Waals surface area contributed by atoms with E-state index in [1.807, 2.05) is 47.4 Å². The number of aryl methyl sites for hydroxylation is 1. The molecule has 0 saturated heterocycles. The highest BCUT2D eigenvalue weighted by atomic mass is 35.5. The van der Waals surface area contributed by atoms with Gasteiger partial charge in [-0.3, -0.25) is 4.68 Å². The summed E-state index contributed by atoms with van der Waals surface area (Å²) in [6.07, 6.45) is 7.45. The van der Waals surface area contributed by atoms with Crippen LogP contribution in [0.25, 0.3) is 0 Å². The molecule has 0 amide bonds. The molecule has 4 nitrogen and oxygen atoms in total. The van der Waals surface area contributed by atoms with E-state index < -0.39 is 0 Å². The zero-order chi connectivity index (χ0) is 15.6. The number of benzene rings is 1. The van der Waals surface area contributed by atoms with E-state index in [0.29, 0.717) is 6.61 Å². The van der Waals surface area contributed by atoms with Gasteiger partial charge in [0.2, 0.25) is 0 Å². The van der Waals surface area contributed by atoms with Crippen LogP contribution in [-0.2, 0) is 6.54 Å². The Hall–Kier alpha value is -1.52. The lowest BCUT2D eigenvalue weighted by molar-refractivity contribution is 0.234. The Morgan fingerprint density at radius 1 is 1.14 bits per heavy atom. The second-order valence-corrected chi connectivity index (χ2v) is 5.87. The molecular formula is C17H24ClN3O. The van der Waals surface area contributed by atoms with Gasteiger partial charge in [0, 0.05) is 30.5 Å². The lowest BCUT2D eigenvalue weighted by atomic mass is 10.2. The summed E-state index contributed by atoms with van der Waals surface area (Å²) in [4.78, 5) is 2.31. The summed E-state index contributed by atoms with van der Waals surface area (Å²) in [7, 11) is 2.14. The van der Waals surface area contributed by atoms with Crippen molar-refractivity contribution in [2.75, 3.05) is 26.7 Å². The van der Waals surface area contributed by atoms with Gasteiger partial charge in [0.1, 0.15) is 12.4 Å². The van der Waals surface area contributed by atoms with Gasteiger partial charge in [-0.2, -0.15) is 5.10 Å². The highest BCUT2D eigenvalue weighted by Gasteiger charge is 2.00. The Balaban J connectivity index is 1.49. The Morgan fingerprint density at radius 2 is 1.95 bits per heavy atom. The summed E-state index contributed by atoms with van der Waals surface area (Å²) in [6.45, 7) is 3.74.